The molecular weight excluding hydrogens is 236 g/mol. The van der Waals surface area contributed by atoms with Crippen LogP contribution in [-0.4, -0.2) is 28.3 Å². The highest BCUT2D eigenvalue weighted by Crippen LogP contribution is 2.21. The summed E-state index contributed by atoms with van der Waals surface area (Å²) >= 11 is 5.24. The predicted molar refractivity (Wildman–Crippen MR) is 54.7 cm³/mol. The Morgan fingerprint density at radius 3 is 3.08 bits per heavy atom. The van der Waals surface area contributed by atoms with Crippen molar-refractivity contribution in [1.82, 2.24) is 9.88 Å². The molecule has 0 aromatic carbocycles. The Kier molecular flexibility index (Phi) is 2.78. The Bertz CT molecular complexity index is 231. The SMILES string of the molecule is BrCC1CN(Cc2cncs2)C1. The van der Waals surface area contributed by atoms with Crippen LogP contribution in [-0.2, 0) is 6.54 Å². The lowest BCUT2D eigenvalue weighted by Gasteiger charge is -2.37. The first-order chi connectivity index (χ1) is 5.88. The molecular formula is C8H11BrN2S. The summed E-state index contributed by atoms with van der Waals surface area (Å²) in [6.45, 7) is 3.57. The summed E-state index contributed by atoms with van der Waals surface area (Å²) in [4.78, 5) is 7.89. The maximum absolute atomic E-state index is 4.06. The first-order valence-corrected chi connectivity index (χ1v) is 6.04. The molecule has 0 aliphatic carbocycles. The van der Waals surface area contributed by atoms with Crippen LogP contribution in [0.25, 0.3) is 0 Å². The second-order valence-corrected chi connectivity index (χ2v) is 4.80. The van der Waals surface area contributed by atoms with E-state index >= 15 is 0 Å². The summed E-state index contributed by atoms with van der Waals surface area (Å²) in [6, 6.07) is 0. The van der Waals surface area contributed by atoms with Crippen molar-refractivity contribution in [2.24, 2.45) is 5.92 Å². The molecule has 1 aromatic rings. The van der Waals surface area contributed by atoms with Gasteiger partial charge in [-0.15, -0.1) is 11.3 Å². The highest BCUT2D eigenvalue weighted by Gasteiger charge is 2.25. The molecule has 2 rings (SSSR count). The van der Waals surface area contributed by atoms with E-state index in [9.17, 15) is 0 Å². The molecule has 0 saturated carbocycles. The molecule has 1 aliphatic heterocycles. The van der Waals surface area contributed by atoms with Gasteiger partial charge < -0.3 is 0 Å². The van der Waals surface area contributed by atoms with Crippen molar-refractivity contribution < 1.29 is 0 Å². The fraction of sp³-hybridized carbons (Fsp3) is 0.625. The molecule has 0 spiro atoms. The summed E-state index contributed by atoms with van der Waals surface area (Å²) in [5, 5.41) is 1.15. The van der Waals surface area contributed by atoms with Crippen LogP contribution < -0.4 is 0 Å². The second-order valence-electron chi connectivity index (χ2n) is 3.18. The van der Waals surface area contributed by atoms with Crippen LogP contribution in [0.1, 0.15) is 4.88 Å². The Morgan fingerprint density at radius 2 is 2.50 bits per heavy atom. The van der Waals surface area contributed by atoms with E-state index in [2.05, 4.69) is 25.8 Å². The lowest BCUT2D eigenvalue weighted by Crippen LogP contribution is -2.46. The summed E-state index contributed by atoms with van der Waals surface area (Å²) in [7, 11) is 0. The summed E-state index contributed by atoms with van der Waals surface area (Å²) in [6.07, 6.45) is 1.96. The van der Waals surface area contributed by atoms with Crippen LogP contribution in [0.4, 0.5) is 0 Å². The van der Waals surface area contributed by atoms with Gasteiger partial charge in [-0.25, -0.2) is 0 Å². The van der Waals surface area contributed by atoms with Crippen molar-refractivity contribution >= 4 is 27.3 Å². The number of hydrogen-bond acceptors (Lipinski definition) is 3. The van der Waals surface area contributed by atoms with Crippen LogP contribution in [0.2, 0.25) is 0 Å². The molecule has 0 unspecified atom stereocenters. The Labute approximate surface area is 84.7 Å². The minimum absolute atomic E-state index is 0.873. The highest BCUT2D eigenvalue weighted by molar-refractivity contribution is 9.09. The lowest BCUT2D eigenvalue weighted by atomic mass is 10.0. The largest absolute Gasteiger partial charge is 0.297 e. The summed E-state index contributed by atoms with van der Waals surface area (Å²) < 4.78 is 0. The molecule has 0 radical (unpaired) electrons. The van der Waals surface area contributed by atoms with E-state index in [0.717, 1.165) is 17.8 Å². The van der Waals surface area contributed by atoms with E-state index in [1.165, 1.54) is 18.0 Å². The van der Waals surface area contributed by atoms with Crippen LogP contribution in [0, 0.1) is 5.92 Å². The summed E-state index contributed by atoms with van der Waals surface area (Å²) in [5.41, 5.74) is 1.90. The van der Waals surface area contributed by atoms with E-state index in [4.69, 9.17) is 0 Å². The van der Waals surface area contributed by atoms with Gasteiger partial charge in [-0.2, -0.15) is 0 Å². The number of likely N-dealkylation sites (tertiary alicyclic amines) is 1. The second kappa shape index (κ2) is 3.85. The van der Waals surface area contributed by atoms with Gasteiger partial charge in [0.25, 0.3) is 0 Å². The number of halogens is 1. The number of nitrogens with zero attached hydrogens (tertiary/aromatic N) is 2. The van der Waals surface area contributed by atoms with E-state index in [1.54, 1.807) is 11.3 Å². The number of alkyl halides is 1. The van der Waals surface area contributed by atoms with Gasteiger partial charge in [0.05, 0.1) is 5.51 Å². The average molecular weight is 247 g/mol. The minimum atomic E-state index is 0.873. The zero-order valence-electron chi connectivity index (χ0n) is 6.74. The van der Waals surface area contributed by atoms with Crippen LogP contribution >= 0.6 is 27.3 Å². The molecule has 0 bridgehead atoms. The lowest BCUT2D eigenvalue weighted by molar-refractivity contribution is 0.110. The normalized spacial score (nSPS) is 19.4. The van der Waals surface area contributed by atoms with E-state index in [-0.39, 0.29) is 0 Å². The fourth-order valence-electron chi connectivity index (χ4n) is 1.44. The van der Waals surface area contributed by atoms with Gasteiger partial charge in [0.2, 0.25) is 0 Å². The number of aromatic nitrogens is 1. The highest BCUT2D eigenvalue weighted by atomic mass is 79.9. The molecule has 0 N–H and O–H groups in total. The van der Waals surface area contributed by atoms with E-state index in [1.807, 2.05) is 11.7 Å². The smallest absolute Gasteiger partial charge is 0.0794 e. The van der Waals surface area contributed by atoms with Crippen LogP contribution in [0.3, 0.4) is 0 Å². The molecule has 12 heavy (non-hydrogen) atoms. The third-order valence-corrected chi connectivity index (χ3v) is 3.79. The van der Waals surface area contributed by atoms with Gasteiger partial charge in [0.1, 0.15) is 0 Å². The van der Waals surface area contributed by atoms with Crippen molar-refractivity contribution in [3.8, 4) is 0 Å². The first kappa shape index (κ1) is 8.66. The molecule has 1 aliphatic rings. The van der Waals surface area contributed by atoms with Gasteiger partial charge in [-0.1, -0.05) is 15.9 Å². The predicted octanol–water partition coefficient (Wildman–Crippen LogP) is 1.97. The maximum Gasteiger partial charge on any atom is 0.0794 e. The molecule has 4 heteroatoms. The molecule has 0 amide bonds. The Morgan fingerprint density at radius 1 is 1.67 bits per heavy atom. The number of hydrogen-bond donors (Lipinski definition) is 0. The van der Waals surface area contributed by atoms with E-state index in [0.29, 0.717) is 0 Å². The molecule has 1 aromatic heterocycles. The van der Waals surface area contributed by atoms with Crippen molar-refractivity contribution in [2.45, 2.75) is 6.54 Å². The average Bonchev–Trinajstić information content (AvgIpc) is 2.47. The minimum Gasteiger partial charge on any atom is -0.297 e. The van der Waals surface area contributed by atoms with Crippen molar-refractivity contribution in [1.29, 1.82) is 0 Å². The van der Waals surface area contributed by atoms with Crippen LogP contribution in [0.5, 0.6) is 0 Å². The zero-order valence-corrected chi connectivity index (χ0v) is 9.14. The summed E-state index contributed by atoms with van der Waals surface area (Å²) in [5.74, 6) is 0.873. The molecule has 1 saturated heterocycles. The third kappa shape index (κ3) is 1.87. The van der Waals surface area contributed by atoms with Gasteiger partial charge in [0, 0.05) is 36.0 Å². The van der Waals surface area contributed by atoms with Crippen molar-refractivity contribution in [2.75, 3.05) is 18.4 Å². The van der Waals surface area contributed by atoms with Gasteiger partial charge in [0.15, 0.2) is 0 Å². The van der Waals surface area contributed by atoms with Crippen LogP contribution in [0.15, 0.2) is 11.7 Å². The molecule has 2 heterocycles. The first-order valence-electron chi connectivity index (χ1n) is 4.04. The van der Waals surface area contributed by atoms with Gasteiger partial charge >= 0.3 is 0 Å². The number of rotatable bonds is 3. The molecule has 1 fully saturated rings. The third-order valence-electron chi connectivity index (χ3n) is 2.11. The van der Waals surface area contributed by atoms with E-state index < -0.39 is 0 Å². The molecule has 66 valence electrons. The monoisotopic (exact) mass is 246 g/mol. The quantitative estimate of drug-likeness (QED) is 0.759. The standard InChI is InChI=1S/C8H11BrN2S/c9-1-7-3-11(4-7)5-8-2-10-6-12-8/h2,6-7H,1,3-5H2. The van der Waals surface area contributed by atoms with Gasteiger partial charge in [-0.05, 0) is 5.92 Å². The number of thiazole rings is 1. The van der Waals surface area contributed by atoms with Crippen molar-refractivity contribution in [3.05, 3.63) is 16.6 Å². The Balaban J connectivity index is 1.77. The fourth-order valence-corrected chi connectivity index (χ4v) is 2.49. The molecule has 2 nitrogen and oxygen atoms in total. The van der Waals surface area contributed by atoms with Crippen molar-refractivity contribution in [3.63, 3.8) is 0 Å². The maximum atomic E-state index is 4.06. The zero-order chi connectivity index (χ0) is 8.39. The Hall–Kier alpha value is 0.0700. The molecule has 0 atom stereocenters. The van der Waals surface area contributed by atoms with Gasteiger partial charge in [-0.3, -0.25) is 9.88 Å². The topological polar surface area (TPSA) is 16.1 Å².